The Kier molecular flexibility index (Phi) is 5.81. The Bertz CT molecular complexity index is 974. The van der Waals surface area contributed by atoms with E-state index in [9.17, 15) is 9.59 Å². The van der Waals surface area contributed by atoms with Crippen LogP contribution in [0.1, 0.15) is 18.5 Å². The summed E-state index contributed by atoms with van der Waals surface area (Å²) in [5, 5.41) is 2.23. The summed E-state index contributed by atoms with van der Waals surface area (Å²) >= 11 is 0. The van der Waals surface area contributed by atoms with Gasteiger partial charge in [0.15, 0.2) is 11.2 Å². The minimum Gasteiger partial charge on any atom is -1.00 e. The number of quaternary nitrogens is 1. The molecule has 0 aliphatic carbocycles. The second kappa shape index (κ2) is 7.67. The molecule has 0 saturated carbocycles. The second-order valence-electron chi connectivity index (χ2n) is 6.04. The number of benzene rings is 1. The molecule has 1 aromatic carbocycles. The van der Waals surface area contributed by atoms with Gasteiger partial charge in [-0.1, -0.05) is 30.3 Å². The number of nitrogens with two attached hydrogens (primary N) is 1. The van der Waals surface area contributed by atoms with E-state index in [1.807, 2.05) is 22.8 Å². The predicted molar refractivity (Wildman–Crippen MR) is 91.9 cm³/mol. The number of hydrogen-bond acceptors (Lipinski definition) is 3. The van der Waals surface area contributed by atoms with Crippen molar-refractivity contribution in [3.05, 3.63) is 63.1 Å². The number of nitrogens with zero attached hydrogens (tertiary/aromatic N) is 4. The number of rotatable bonds is 5. The molecule has 0 aliphatic rings. The lowest BCUT2D eigenvalue weighted by molar-refractivity contribution is -0.693. The minimum absolute atomic E-state index is 0. The monoisotopic (exact) mass is 363 g/mol. The standard InChI is InChI=1S/C17H21N5O2.ClH/c1-12(13-7-5-4-6-8-13)18-9-10-22-11-19-15-14(22)16(23)21(3)17(24)20(15)2;/h4-8,11-12,18H,9-10H2,1-3H3;1H. The van der Waals surface area contributed by atoms with Gasteiger partial charge >= 0.3 is 5.69 Å². The molecule has 8 heteroatoms. The summed E-state index contributed by atoms with van der Waals surface area (Å²) in [7, 11) is 3.12. The molecule has 2 aromatic heterocycles. The zero-order valence-electron chi connectivity index (χ0n) is 14.5. The van der Waals surface area contributed by atoms with Crippen molar-refractivity contribution in [3.8, 4) is 0 Å². The van der Waals surface area contributed by atoms with E-state index >= 15 is 0 Å². The molecule has 0 saturated heterocycles. The fourth-order valence-electron chi connectivity index (χ4n) is 2.92. The summed E-state index contributed by atoms with van der Waals surface area (Å²) in [4.78, 5) is 28.6. The molecular weight excluding hydrogens is 342 g/mol. The largest absolute Gasteiger partial charge is 1.00 e. The van der Waals surface area contributed by atoms with Crippen LogP contribution < -0.4 is 29.0 Å². The van der Waals surface area contributed by atoms with Crippen LogP contribution in [0.25, 0.3) is 11.2 Å². The first kappa shape index (κ1) is 19.0. The normalized spacial score (nSPS) is 12.1. The van der Waals surface area contributed by atoms with Gasteiger partial charge in [0.2, 0.25) is 0 Å². The highest BCUT2D eigenvalue weighted by atomic mass is 35.5. The zero-order chi connectivity index (χ0) is 17.3. The maximum atomic E-state index is 12.4. The number of halogens is 1. The first-order chi connectivity index (χ1) is 11.5. The highest BCUT2D eigenvalue weighted by Crippen LogP contribution is 2.07. The average Bonchev–Trinajstić information content (AvgIpc) is 3.03. The minimum atomic E-state index is -0.359. The molecule has 7 nitrogen and oxygen atoms in total. The first-order valence-corrected chi connectivity index (χ1v) is 8.00. The van der Waals surface area contributed by atoms with E-state index in [0.717, 1.165) is 11.1 Å². The van der Waals surface area contributed by atoms with E-state index in [-0.39, 0.29) is 23.7 Å². The molecule has 3 aromatic rings. The second-order valence-corrected chi connectivity index (χ2v) is 6.04. The summed E-state index contributed by atoms with van der Waals surface area (Å²) in [5.41, 5.74) is 1.51. The molecule has 1 unspecified atom stereocenters. The van der Waals surface area contributed by atoms with Gasteiger partial charge in [-0.15, -0.1) is 0 Å². The van der Waals surface area contributed by atoms with Crippen molar-refractivity contribution >= 4 is 11.2 Å². The van der Waals surface area contributed by atoms with Gasteiger partial charge in [-0.3, -0.25) is 13.9 Å². The summed E-state index contributed by atoms with van der Waals surface area (Å²) in [6.45, 7) is 3.62. The van der Waals surface area contributed by atoms with Gasteiger partial charge in [0.1, 0.15) is 6.04 Å². The van der Waals surface area contributed by atoms with Crippen molar-refractivity contribution < 1.29 is 17.7 Å². The molecule has 2 heterocycles. The van der Waals surface area contributed by atoms with Crippen LogP contribution in [-0.2, 0) is 20.6 Å². The topological polar surface area (TPSA) is 78.4 Å². The molecule has 3 rings (SSSR count). The molecule has 25 heavy (non-hydrogen) atoms. The van der Waals surface area contributed by atoms with Gasteiger partial charge in [-0.2, -0.15) is 0 Å². The summed E-state index contributed by atoms with van der Waals surface area (Å²) < 4.78 is 4.35. The molecular formula is C17H22ClN5O2. The van der Waals surface area contributed by atoms with Crippen molar-refractivity contribution in [2.45, 2.75) is 19.5 Å². The Morgan fingerprint density at radius 1 is 1.12 bits per heavy atom. The first-order valence-electron chi connectivity index (χ1n) is 8.00. The number of imidazole rings is 1. The number of aromatic nitrogens is 4. The highest BCUT2D eigenvalue weighted by molar-refractivity contribution is 5.69. The van der Waals surface area contributed by atoms with Gasteiger partial charge in [0, 0.05) is 19.7 Å². The van der Waals surface area contributed by atoms with Crippen molar-refractivity contribution in [1.82, 2.24) is 18.7 Å². The fraction of sp³-hybridized carbons (Fsp3) is 0.353. The molecule has 0 fully saturated rings. The van der Waals surface area contributed by atoms with Crippen molar-refractivity contribution in [3.63, 3.8) is 0 Å². The van der Waals surface area contributed by atoms with Crippen LogP contribution in [0.4, 0.5) is 0 Å². The summed E-state index contributed by atoms with van der Waals surface area (Å²) in [6, 6.07) is 10.6. The zero-order valence-corrected chi connectivity index (χ0v) is 15.3. The van der Waals surface area contributed by atoms with Crippen LogP contribution in [0.5, 0.6) is 0 Å². The Hall–Kier alpha value is -2.38. The van der Waals surface area contributed by atoms with E-state index in [1.54, 1.807) is 13.4 Å². The summed E-state index contributed by atoms with van der Waals surface area (Å²) in [6.07, 6.45) is 1.63. The van der Waals surface area contributed by atoms with Crippen LogP contribution >= 0.6 is 0 Å². The lowest BCUT2D eigenvalue weighted by atomic mass is 10.1. The van der Waals surface area contributed by atoms with Gasteiger partial charge < -0.3 is 22.3 Å². The molecule has 0 spiro atoms. The number of fused-ring (bicyclic) bond motifs is 1. The number of aryl methyl sites for hydroxylation is 1. The smallest absolute Gasteiger partial charge is 0.332 e. The van der Waals surface area contributed by atoms with Gasteiger partial charge in [-0.25, -0.2) is 9.78 Å². The molecule has 0 amide bonds. The van der Waals surface area contributed by atoms with Crippen LogP contribution in [-0.4, -0.2) is 25.2 Å². The average molecular weight is 364 g/mol. The quantitative estimate of drug-likeness (QED) is 0.517. The molecule has 2 N–H and O–H groups in total. The Labute approximate surface area is 151 Å². The third-order valence-corrected chi connectivity index (χ3v) is 4.43. The third kappa shape index (κ3) is 3.52. The molecule has 0 radical (unpaired) electrons. The molecule has 134 valence electrons. The van der Waals surface area contributed by atoms with Crippen molar-refractivity contribution in [1.29, 1.82) is 0 Å². The van der Waals surface area contributed by atoms with E-state index in [0.29, 0.717) is 23.8 Å². The molecule has 0 bridgehead atoms. The number of hydrogen-bond donors (Lipinski definition) is 1. The Morgan fingerprint density at radius 3 is 2.48 bits per heavy atom. The molecule has 1 atom stereocenters. The van der Waals surface area contributed by atoms with E-state index in [4.69, 9.17) is 0 Å². The summed E-state index contributed by atoms with van der Waals surface area (Å²) in [5.74, 6) is 0. The maximum absolute atomic E-state index is 12.4. The predicted octanol–water partition coefficient (Wildman–Crippen LogP) is -3.24. The van der Waals surface area contributed by atoms with E-state index in [2.05, 4.69) is 29.4 Å². The van der Waals surface area contributed by atoms with Gasteiger partial charge in [-0.05, 0) is 6.92 Å². The lowest BCUT2D eigenvalue weighted by Gasteiger charge is -2.11. The lowest BCUT2D eigenvalue weighted by Crippen LogP contribution is -3.00. The fourth-order valence-corrected chi connectivity index (χ4v) is 2.92. The Morgan fingerprint density at radius 2 is 1.80 bits per heavy atom. The van der Waals surface area contributed by atoms with Crippen LogP contribution in [0.15, 0.2) is 46.2 Å². The van der Waals surface area contributed by atoms with E-state index in [1.165, 1.54) is 17.2 Å². The third-order valence-electron chi connectivity index (χ3n) is 4.43. The van der Waals surface area contributed by atoms with E-state index < -0.39 is 0 Å². The van der Waals surface area contributed by atoms with Crippen LogP contribution in [0.2, 0.25) is 0 Å². The van der Waals surface area contributed by atoms with Crippen molar-refractivity contribution in [2.24, 2.45) is 14.1 Å². The van der Waals surface area contributed by atoms with Crippen LogP contribution in [0, 0.1) is 0 Å². The highest BCUT2D eigenvalue weighted by Gasteiger charge is 2.15. The SMILES string of the molecule is CC([NH2+]CCn1cnc2c1c(=O)n(C)c(=O)n2C)c1ccccc1.[Cl-]. The van der Waals surface area contributed by atoms with Gasteiger partial charge in [0.25, 0.3) is 5.56 Å². The van der Waals surface area contributed by atoms with Gasteiger partial charge in [0.05, 0.1) is 19.4 Å². The molecule has 0 aliphatic heterocycles. The Balaban J connectivity index is 0.00000225. The van der Waals surface area contributed by atoms with Crippen LogP contribution in [0.3, 0.4) is 0 Å². The van der Waals surface area contributed by atoms with Crippen molar-refractivity contribution in [2.75, 3.05) is 6.54 Å². The maximum Gasteiger partial charge on any atom is 0.332 e.